The Labute approximate surface area is 99.1 Å². The number of aliphatic hydroxyl groups is 2. The fourth-order valence-corrected chi connectivity index (χ4v) is 4.53. The van der Waals surface area contributed by atoms with E-state index in [0.29, 0.717) is 29.8 Å². The van der Waals surface area contributed by atoms with Gasteiger partial charge >= 0.3 is 0 Å². The van der Waals surface area contributed by atoms with Crippen LogP contribution in [0.4, 0.5) is 0 Å². The Balaban J connectivity index is 2.11. The summed E-state index contributed by atoms with van der Waals surface area (Å²) in [5.41, 5.74) is 0.340. The van der Waals surface area contributed by atoms with Gasteiger partial charge in [-0.2, -0.15) is 0 Å². The molecule has 0 aromatic carbocycles. The molecule has 16 heavy (non-hydrogen) atoms. The Hall–Kier alpha value is -0.0800. The van der Waals surface area contributed by atoms with E-state index in [9.17, 15) is 5.11 Å². The maximum Gasteiger partial charge on any atom is 0.0573 e. The Morgan fingerprint density at radius 1 is 1.31 bits per heavy atom. The van der Waals surface area contributed by atoms with E-state index in [-0.39, 0.29) is 6.10 Å². The van der Waals surface area contributed by atoms with Crippen molar-refractivity contribution in [2.45, 2.75) is 58.5 Å². The van der Waals surface area contributed by atoms with Crippen molar-refractivity contribution in [3.05, 3.63) is 0 Å². The molecule has 2 aliphatic carbocycles. The quantitative estimate of drug-likeness (QED) is 0.776. The Morgan fingerprint density at radius 3 is 2.75 bits per heavy atom. The molecule has 0 aromatic heterocycles. The van der Waals surface area contributed by atoms with E-state index in [1.165, 1.54) is 25.7 Å². The summed E-state index contributed by atoms with van der Waals surface area (Å²) >= 11 is 0. The highest BCUT2D eigenvalue weighted by Gasteiger charge is 2.51. The number of fused-ring (bicyclic) bond motifs is 1. The third-order valence-corrected chi connectivity index (χ3v) is 5.43. The smallest absolute Gasteiger partial charge is 0.0573 e. The SMILES string of the molecule is C[C@H](CCO)C1CCC2C(O)CCCC21C. The molecule has 0 spiro atoms. The van der Waals surface area contributed by atoms with E-state index in [0.717, 1.165) is 12.8 Å². The summed E-state index contributed by atoms with van der Waals surface area (Å²) in [6, 6.07) is 0. The van der Waals surface area contributed by atoms with Gasteiger partial charge in [0, 0.05) is 6.61 Å². The van der Waals surface area contributed by atoms with Gasteiger partial charge in [0.1, 0.15) is 0 Å². The topological polar surface area (TPSA) is 40.5 Å². The first kappa shape index (κ1) is 12.4. The average Bonchev–Trinajstić information content (AvgIpc) is 2.57. The van der Waals surface area contributed by atoms with Crippen molar-refractivity contribution in [1.29, 1.82) is 0 Å². The molecule has 0 heterocycles. The van der Waals surface area contributed by atoms with Crippen LogP contribution in [-0.2, 0) is 0 Å². The molecule has 94 valence electrons. The fraction of sp³-hybridized carbons (Fsp3) is 1.00. The second kappa shape index (κ2) is 4.66. The minimum absolute atomic E-state index is 0.0647. The van der Waals surface area contributed by atoms with Crippen molar-refractivity contribution in [3.63, 3.8) is 0 Å². The molecule has 2 nitrogen and oxygen atoms in total. The average molecular weight is 226 g/mol. The number of aliphatic hydroxyl groups excluding tert-OH is 2. The van der Waals surface area contributed by atoms with Crippen LogP contribution in [0.15, 0.2) is 0 Å². The molecule has 4 unspecified atom stereocenters. The molecule has 2 rings (SSSR count). The summed E-state index contributed by atoms with van der Waals surface area (Å²) in [6.07, 6.45) is 6.75. The van der Waals surface area contributed by atoms with Crippen LogP contribution in [0.25, 0.3) is 0 Å². The molecule has 0 radical (unpaired) electrons. The second-order valence-electron chi connectivity index (χ2n) is 6.25. The lowest BCUT2D eigenvalue weighted by molar-refractivity contribution is -0.0287. The molecular weight excluding hydrogens is 200 g/mol. The third-order valence-electron chi connectivity index (χ3n) is 5.43. The zero-order valence-electron chi connectivity index (χ0n) is 10.7. The first-order valence-electron chi connectivity index (χ1n) is 6.88. The molecule has 0 aliphatic heterocycles. The summed E-state index contributed by atoms with van der Waals surface area (Å²) in [4.78, 5) is 0. The van der Waals surface area contributed by atoms with E-state index in [1.54, 1.807) is 0 Å². The van der Waals surface area contributed by atoms with Crippen LogP contribution in [0.1, 0.15) is 52.4 Å². The van der Waals surface area contributed by atoms with Crippen molar-refractivity contribution in [2.24, 2.45) is 23.2 Å². The predicted molar refractivity (Wildman–Crippen MR) is 65.0 cm³/mol. The van der Waals surface area contributed by atoms with Gasteiger partial charge in [0.2, 0.25) is 0 Å². The zero-order valence-corrected chi connectivity index (χ0v) is 10.7. The summed E-state index contributed by atoms with van der Waals surface area (Å²) in [5.74, 6) is 1.83. The maximum absolute atomic E-state index is 10.1. The van der Waals surface area contributed by atoms with Gasteiger partial charge in [0.15, 0.2) is 0 Å². The minimum atomic E-state index is -0.0647. The second-order valence-corrected chi connectivity index (χ2v) is 6.25. The molecule has 2 heteroatoms. The third kappa shape index (κ3) is 1.91. The van der Waals surface area contributed by atoms with Gasteiger partial charge in [-0.1, -0.05) is 20.3 Å². The molecule has 0 bridgehead atoms. The molecular formula is C14H26O2. The standard InChI is InChI=1S/C14H26O2/c1-10(7-9-15)11-5-6-12-13(16)4-3-8-14(11,12)2/h10-13,15-16H,3-9H2,1-2H3/t10-,11?,12?,13?,14?/m1/s1. The van der Waals surface area contributed by atoms with Crippen molar-refractivity contribution in [3.8, 4) is 0 Å². The van der Waals surface area contributed by atoms with Gasteiger partial charge in [-0.3, -0.25) is 0 Å². The lowest BCUT2D eigenvalue weighted by Crippen LogP contribution is -2.41. The van der Waals surface area contributed by atoms with E-state index in [1.807, 2.05) is 0 Å². The summed E-state index contributed by atoms with van der Waals surface area (Å²) in [7, 11) is 0. The highest BCUT2D eigenvalue weighted by atomic mass is 16.3. The van der Waals surface area contributed by atoms with Crippen LogP contribution in [-0.4, -0.2) is 22.9 Å². The normalized spacial score (nSPS) is 45.4. The van der Waals surface area contributed by atoms with Crippen LogP contribution in [0.2, 0.25) is 0 Å². The minimum Gasteiger partial charge on any atom is -0.396 e. The van der Waals surface area contributed by atoms with Gasteiger partial charge in [0.05, 0.1) is 6.10 Å². The molecule has 0 saturated heterocycles. The van der Waals surface area contributed by atoms with E-state index < -0.39 is 0 Å². The van der Waals surface area contributed by atoms with Gasteiger partial charge < -0.3 is 10.2 Å². The lowest BCUT2D eigenvalue weighted by Gasteiger charge is -2.45. The fourth-order valence-electron chi connectivity index (χ4n) is 4.53. The van der Waals surface area contributed by atoms with E-state index in [4.69, 9.17) is 5.11 Å². The molecule has 2 N–H and O–H groups in total. The van der Waals surface area contributed by atoms with Crippen LogP contribution >= 0.6 is 0 Å². The Kier molecular flexibility index (Phi) is 3.60. The van der Waals surface area contributed by atoms with Crippen molar-refractivity contribution >= 4 is 0 Å². The molecule has 0 amide bonds. The monoisotopic (exact) mass is 226 g/mol. The zero-order chi connectivity index (χ0) is 11.8. The maximum atomic E-state index is 10.1. The van der Waals surface area contributed by atoms with Crippen molar-refractivity contribution in [1.82, 2.24) is 0 Å². The molecule has 2 aliphatic rings. The lowest BCUT2D eigenvalue weighted by atomic mass is 9.61. The molecule has 2 fully saturated rings. The summed E-state index contributed by atoms with van der Waals surface area (Å²) in [5, 5.41) is 19.2. The first-order chi connectivity index (χ1) is 7.59. The Morgan fingerprint density at radius 2 is 2.06 bits per heavy atom. The number of hydrogen-bond donors (Lipinski definition) is 2. The largest absolute Gasteiger partial charge is 0.396 e. The molecule has 5 atom stereocenters. The number of rotatable bonds is 3. The highest BCUT2D eigenvalue weighted by molar-refractivity contribution is 5.01. The van der Waals surface area contributed by atoms with Crippen LogP contribution in [0.5, 0.6) is 0 Å². The van der Waals surface area contributed by atoms with Gasteiger partial charge in [0.25, 0.3) is 0 Å². The van der Waals surface area contributed by atoms with Crippen LogP contribution in [0.3, 0.4) is 0 Å². The Bertz CT molecular complexity index is 241. The van der Waals surface area contributed by atoms with E-state index in [2.05, 4.69) is 13.8 Å². The van der Waals surface area contributed by atoms with Crippen molar-refractivity contribution in [2.75, 3.05) is 6.61 Å². The predicted octanol–water partition coefficient (Wildman–Crippen LogP) is 2.58. The van der Waals surface area contributed by atoms with Crippen molar-refractivity contribution < 1.29 is 10.2 Å². The first-order valence-corrected chi connectivity index (χ1v) is 6.88. The van der Waals surface area contributed by atoms with Gasteiger partial charge in [-0.15, -0.1) is 0 Å². The summed E-state index contributed by atoms with van der Waals surface area (Å²) in [6.45, 7) is 4.96. The highest BCUT2D eigenvalue weighted by Crippen LogP contribution is 2.57. The number of hydrogen-bond acceptors (Lipinski definition) is 2. The van der Waals surface area contributed by atoms with Gasteiger partial charge in [-0.05, 0) is 55.3 Å². The molecule has 2 saturated carbocycles. The van der Waals surface area contributed by atoms with Crippen LogP contribution in [0, 0.1) is 23.2 Å². The summed E-state index contributed by atoms with van der Waals surface area (Å²) < 4.78 is 0. The molecule has 0 aromatic rings. The van der Waals surface area contributed by atoms with Crippen LogP contribution < -0.4 is 0 Å². The van der Waals surface area contributed by atoms with E-state index >= 15 is 0 Å². The van der Waals surface area contributed by atoms with Gasteiger partial charge in [-0.25, -0.2) is 0 Å².